The maximum atomic E-state index is 5.70. The maximum absolute atomic E-state index is 5.70. The van der Waals surface area contributed by atoms with Crippen molar-refractivity contribution < 1.29 is 0 Å². The summed E-state index contributed by atoms with van der Waals surface area (Å²) in [7, 11) is 0. The van der Waals surface area contributed by atoms with Crippen LogP contribution in [0.4, 0.5) is 0 Å². The number of hydrazine groups is 1. The second kappa shape index (κ2) is 7.92. The van der Waals surface area contributed by atoms with Crippen LogP contribution in [0.15, 0.2) is 12.4 Å². The molecular formula is C14H26N4S. The normalized spacial score (nSPS) is 18.0. The van der Waals surface area contributed by atoms with E-state index in [0.717, 1.165) is 36.2 Å². The molecule has 0 saturated heterocycles. The van der Waals surface area contributed by atoms with Gasteiger partial charge in [0.2, 0.25) is 0 Å². The number of aryl methyl sites for hydroxylation is 1. The Hall–Kier alpha value is -0.520. The predicted molar refractivity (Wildman–Crippen MR) is 82.0 cm³/mol. The summed E-state index contributed by atoms with van der Waals surface area (Å²) in [6.45, 7) is 3.24. The van der Waals surface area contributed by atoms with Crippen LogP contribution in [-0.2, 0) is 13.0 Å². The van der Waals surface area contributed by atoms with E-state index in [2.05, 4.69) is 39.9 Å². The molecule has 0 aromatic carbocycles. The average Bonchev–Trinajstić information content (AvgIpc) is 3.07. The molecule has 0 amide bonds. The fraction of sp³-hybridized carbons (Fsp3) is 0.786. The van der Waals surface area contributed by atoms with E-state index in [1.807, 2.05) is 6.20 Å². The van der Waals surface area contributed by atoms with Gasteiger partial charge >= 0.3 is 0 Å². The van der Waals surface area contributed by atoms with Gasteiger partial charge in [0.25, 0.3) is 0 Å². The van der Waals surface area contributed by atoms with Crippen molar-refractivity contribution >= 4 is 11.8 Å². The van der Waals surface area contributed by atoms with E-state index in [1.165, 1.54) is 25.7 Å². The monoisotopic (exact) mass is 282 g/mol. The number of aromatic nitrogens is 2. The van der Waals surface area contributed by atoms with Crippen molar-refractivity contribution in [3.8, 4) is 0 Å². The van der Waals surface area contributed by atoms with Gasteiger partial charge in [0.1, 0.15) is 5.82 Å². The van der Waals surface area contributed by atoms with E-state index in [4.69, 9.17) is 5.84 Å². The Balaban J connectivity index is 1.81. The Morgan fingerprint density at radius 3 is 3.00 bits per heavy atom. The van der Waals surface area contributed by atoms with Crippen molar-refractivity contribution in [2.45, 2.75) is 63.3 Å². The molecule has 0 bridgehead atoms. The summed E-state index contributed by atoms with van der Waals surface area (Å²) < 4.78 is 2.24. The fourth-order valence-electron chi connectivity index (χ4n) is 2.67. The quantitative estimate of drug-likeness (QED) is 0.567. The highest BCUT2D eigenvalue weighted by Crippen LogP contribution is 2.29. The number of imidazole rings is 1. The van der Waals surface area contributed by atoms with Crippen LogP contribution in [0.2, 0.25) is 0 Å². The summed E-state index contributed by atoms with van der Waals surface area (Å²) in [6, 6.07) is 0.323. The van der Waals surface area contributed by atoms with E-state index in [0.29, 0.717) is 6.04 Å². The zero-order valence-electron chi connectivity index (χ0n) is 11.8. The van der Waals surface area contributed by atoms with Crippen molar-refractivity contribution in [3.05, 3.63) is 18.2 Å². The largest absolute Gasteiger partial charge is 0.335 e. The van der Waals surface area contributed by atoms with Crippen LogP contribution in [0.25, 0.3) is 0 Å². The summed E-state index contributed by atoms with van der Waals surface area (Å²) in [5.41, 5.74) is 2.96. The van der Waals surface area contributed by atoms with Gasteiger partial charge in [-0.2, -0.15) is 11.8 Å². The molecule has 1 fully saturated rings. The Labute approximate surface area is 120 Å². The van der Waals surface area contributed by atoms with Crippen molar-refractivity contribution in [3.63, 3.8) is 0 Å². The van der Waals surface area contributed by atoms with Gasteiger partial charge in [-0.15, -0.1) is 0 Å². The Bertz CT molecular complexity index is 360. The minimum Gasteiger partial charge on any atom is -0.335 e. The van der Waals surface area contributed by atoms with E-state index in [9.17, 15) is 0 Å². The van der Waals surface area contributed by atoms with Crippen molar-refractivity contribution in [1.82, 2.24) is 15.0 Å². The number of nitrogens with zero attached hydrogens (tertiary/aromatic N) is 2. The van der Waals surface area contributed by atoms with Gasteiger partial charge in [0.15, 0.2) is 0 Å². The third-order valence-corrected chi connectivity index (χ3v) is 5.30. The van der Waals surface area contributed by atoms with E-state index < -0.39 is 0 Å². The number of hydrogen-bond donors (Lipinski definition) is 2. The standard InChI is InChI=1S/C14H26N4S/c1-2-8-18-9-7-16-14(18)10-12(17-15)11-19-13-5-3-4-6-13/h7,9,12-13,17H,2-6,8,10-11,15H2,1H3. The smallest absolute Gasteiger partial charge is 0.110 e. The van der Waals surface area contributed by atoms with E-state index >= 15 is 0 Å². The molecule has 1 heterocycles. The summed E-state index contributed by atoms with van der Waals surface area (Å²) in [5.74, 6) is 7.93. The first-order valence-electron chi connectivity index (χ1n) is 7.41. The van der Waals surface area contributed by atoms with Crippen LogP contribution in [0, 0.1) is 0 Å². The van der Waals surface area contributed by atoms with Gasteiger partial charge in [-0.3, -0.25) is 11.3 Å². The molecule has 3 N–H and O–H groups in total. The Morgan fingerprint density at radius 1 is 1.53 bits per heavy atom. The molecule has 1 atom stereocenters. The molecule has 1 aromatic heterocycles. The first-order chi connectivity index (χ1) is 9.33. The highest BCUT2D eigenvalue weighted by Gasteiger charge is 2.18. The number of nitrogens with two attached hydrogens (primary N) is 1. The van der Waals surface area contributed by atoms with Crippen molar-refractivity contribution in [2.24, 2.45) is 5.84 Å². The van der Waals surface area contributed by atoms with Crippen LogP contribution < -0.4 is 11.3 Å². The SMILES string of the molecule is CCCn1ccnc1CC(CSC1CCCC1)NN. The highest BCUT2D eigenvalue weighted by atomic mass is 32.2. The van der Waals surface area contributed by atoms with E-state index in [1.54, 1.807) is 0 Å². The molecule has 1 saturated carbocycles. The first kappa shape index (κ1) is 14.9. The molecule has 0 radical (unpaired) electrons. The minimum absolute atomic E-state index is 0.323. The van der Waals surface area contributed by atoms with Crippen LogP contribution in [-0.4, -0.2) is 26.6 Å². The molecule has 0 aliphatic heterocycles. The van der Waals surface area contributed by atoms with Gasteiger partial charge in [-0.1, -0.05) is 19.8 Å². The molecule has 1 aromatic rings. The number of nitrogens with one attached hydrogen (secondary N) is 1. The predicted octanol–water partition coefficient (Wildman–Crippen LogP) is 2.34. The van der Waals surface area contributed by atoms with Gasteiger partial charge in [0.05, 0.1) is 0 Å². The summed E-state index contributed by atoms with van der Waals surface area (Å²) >= 11 is 2.08. The molecule has 1 aliphatic carbocycles. The Morgan fingerprint density at radius 2 is 2.32 bits per heavy atom. The van der Waals surface area contributed by atoms with Gasteiger partial charge in [0, 0.05) is 42.4 Å². The van der Waals surface area contributed by atoms with Crippen LogP contribution in [0.5, 0.6) is 0 Å². The molecule has 19 heavy (non-hydrogen) atoms. The number of rotatable bonds is 8. The second-order valence-electron chi connectivity index (χ2n) is 5.34. The summed E-state index contributed by atoms with van der Waals surface area (Å²) in [5, 5.41) is 0.853. The van der Waals surface area contributed by atoms with Crippen molar-refractivity contribution in [2.75, 3.05) is 5.75 Å². The minimum atomic E-state index is 0.323. The van der Waals surface area contributed by atoms with Gasteiger partial charge in [-0.25, -0.2) is 4.98 Å². The topological polar surface area (TPSA) is 55.9 Å². The second-order valence-corrected chi connectivity index (χ2v) is 6.68. The lowest BCUT2D eigenvalue weighted by atomic mass is 10.2. The molecule has 1 unspecified atom stereocenters. The molecule has 0 spiro atoms. The molecule has 108 valence electrons. The zero-order valence-corrected chi connectivity index (χ0v) is 12.7. The average molecular weight is 282 g/mol. The van der Waals surface area contributed by atoms with Crippen molar-refractivity contribution in [1.29, 1.82) is 0 Å². The molecule has 5 heteroatoms. The van der Waals surface area contributed by atoms with Crippen LogP contribution >= 0.6 is 11.8 Å². The molecular weight excluding hydrogens is 256 g/mol. The summed E-state index contributed by atoms with van der Waals surface area (Å²) in [6.07, 6.45) is 11.6. The van der Waals surface area contributed by atoms with Gasteiger partial charge < -0.3 is 4.57 Å². The molecule has 2 rings (SSSR count). The van der Waals surface area contributed by atoms with Crippen LogP contribution in [0.3, 0.4) is 0 Å². The maximum Gasteiger partial charge on any atom is 0.110 e. The lowest BCUT2D eigenvalue weighted by Crippen LogP contribution is -2.39. The van der Waals surface area contributed by atoms with Crippen LogP contribution in [0.1, 0.15) is 44.9 Å². The lowest BCUT2D eigenvalue weighted by Gasteiger charge is -2.18. The summed E-state index contributed by atoms with van der Waals surface area (Å²) in [4.78, 5) is 4.46. The fourth-order valence-corrected chi connectivity index (χ4v) is 4.05. The Kier molecular flexibility index (Phi) is 6.20. The third kappa shape index (κ3) is 4.51. The number of thioether (sulfide) groups is 1. The molecule has 1 aliphatic rings. The third-order valence-electron chi connectivity index (χ3n) is 3.77. The van der Waals surface area contributed by atoms with Gasteiger partial charge in [-0.05, 0) is 19.3 Å². The van der Waals surface area contributed by atoms with E-state index in [-0.39, 0.29) is 0 Å². The lowest BCUT2D eigenvalue weighted by molar-refractivity contribution is 0.535. The highest BCUT2D eigenvalue weighted by molar-refractivity contribution is 7.99. The molecule has 4 nitrogen and oxygen atoms in total. The zero-order chi connectivity index (χ0) is 13.5. The first-order valence-corrected chi connectivity index (χ1v) is 8.46. The number of hydrogen-bond acceptors (Lipinski definition) is 4.